The number of carbonyl (C=O) groups excluding carboxylic acids is 1. The number of likely N-dealkylation sites (tertiary alicyclic amines) is 2. The molecule has 27 heavy (non-hydrogen) atoms. The van der Waals surface area contributed by atoms with Gasteiger partial charge in [-0.05, 0) is 63.4 Å². The van der Waals surface area contributed by atoms with Crippen LogP contribution in [0.15, 0.2) is 36.5 Å². The number of nitrogens with two attached hydrogens (primary N) is 1. The van der Waals surface area contributed by atoms with E-state index in [9.17, 15) is 4.79 Å². The molecule has 1 aromatic heterocycles. The molecule has 4 rings (SSSR count). The smallest absolute Gasteiger partial charge is 0.254 e. The van der Waals surface area contributed by atoms with Gasteiger partial charge < -0.3 is 15.5 Å². The number of anilines is 1. The predicted molar refractivity (Wildman–Crippen MR) is 106 cm³/mol. The van der Waals surface area contributed by atoms with E-state index in [4.69, 9.17) is 5.73 Å². The Morgan fingerprint density at radius 2 is 1.78 bits per heavy atom. The van der Waals surface area contributed by atoms with Gasteiger partial charge in [0.25, 0.3) is 5.91 Å². The third-order valence-corrected chi connectivity index (χ3v) is 5.62. The van der Waals surface area contributed by atoms with Crippen LogP contribution in [-0.2, 0) is 0 Å². The van der Waals surface area contributed by atoms with E-state index in [2.05, 4.69) is 19.8 Å². The molecular formula is C21H27N5O. The summed E-state index contributed by atoms with van der Waals surface area (Å²) in [7, 11) is 0. The van der Waals surface area contributed by atoms with Crippen LogP contribution in [0, 0.1) is 0 Å². The normalized spacial score (nSPS) is 20.7. The summed E-state index contributed by atoms with van der Waals surface area (Å²) < 4.78 is 0. The predicted octanol–water partition coefficient (Wildman–Crippen LogP) is 2.82. The molecule has 2 saturated heterocycles. The van der Waals surface area contributed by atoms with E-state index < -0.39 is 0 Å². The van der Waals surface area contributed by atoms with E-state index in [0.717, 1.165) is 37.1 Å². The number of carbonyl (C=O) groups is 1. The summed E-state index contributed by atoms with van der Waals surface area (Å²) in [4.78, 5) is 26.2. The van der Waals surface area contributed by atoms with Crippen LogP contribution in [0.1, 0.15) is 42.5 Å². The lowest BCUT2D eigenvalue weighted by atomic mass is 10.00. The fourth-order valence-corrected chi connectivity index (χ4v) is 4.16. The van der Waals surface area contributed by atoms with Crippen molar-refractivity contribution in [1.29, 1.82) is 0 Å². The number of aromatic nitrogens is 2. The largest absolute Gasteiger partial charge is 0.384 e. The minimum Gasteiger partial charge on any atom is -0.384 e. The van der Waals surface area contributed by atoms with Crippen molar-refractivity contribution < 1.29 is 4.79 Å². The Labute approximate surface area is 160 Å². The number of nitrogen functional groups attached to an aromatic ring is 1. The van der Waals surface area contributed by atoms with Crippen LogP contribution in [0.25, 0.3) is 11.4 Å². The van der Waals surface area contributed by atoms with Gasteiger partial charge in [0.2, 0.25) is 0 Å². The maximum atomic E-state index is 13.1. The van der Waals surface area contributed by atoms with E-state index in [1.165, 1.54) is 32.4 Å². The molecule has 2 aliphatic rings. The van der Waals surface area contributed by atoms with Crippen molar-refractivity contribution in [1.82, 2.24) is 19.8 Å². The molecule has 0 aliphatic carbocycles. The first-order valence-electron chi connectivity index (χ1n) is 9.93. The molecule has 1 unspecified atom stereocenters. The summed E-state index contributed by atoms with van der Waals surface area (Å²) in [6.45, 7) is 4.22. The van der Waals surface area contributed by atoms with Crippen molar-refractivity contribution in [2.45, 2.75) is 38.1 Å². The molecule has 2 fully saturated rings. The zero-order valence-corrected chi connectivity index (χ0v) is 15.7. The third kappa shape index (κ3) is 4.11. The molecular weight excluding hydrogens is 338 g/mol. The maximum Gasteiger partial charge on any atom is 0.254 e. The topological polar surface area (TPSA) is 75.3 Å². The summed E-state index contributed by atoms with van der Waals surface area (Å²) in [5, 5.41) is 0. The highest BCUT2D eigenvalue weighted by Gasteiger charge is 2.29. The van der Waals surface area contributed by atoms with Crippen LogP contribution in [0.3, 0.4) is 0 Å². The first kappa shape index (κ1) is 17.9. The quantitative estimate of drug-likeness (QED) is 0.902. The van der Waals surface area contributed by atoms with Crippen LogP contribution >= 0.6 is 0 Å². The Morgan fingerprint density at radius 3 is 2.52 bits per heavy atom. The van der Waals surface area contributed by atoms with Crippen LogP contribution in [-0.4, -0.2) is 57.9 Å². The minimum atomic E-state index is 0.138. The highest BCUT2D eigenvalue weighted by Crippen LogP contribution is 2.23. The van der Waals surface area contributed by atoms with Crippen LogP contribution in [0.4, 0.5) is 5.82 Å². The average molecular weight is 365 g/mol. The van der Waals surface area contributed by atoms with Crippen LogP contribution in [0.2, 0.25) is 0 Å². The van der Waals surface area contributed by atoms with Gasteiger partial charge in [-0.15, -0.1) is 0 Å². The number of hydrogen-bond acceptors (Lipinski definition) is 5. The Balaban J connectivity index is 1.48. The highest BCUT2D eigenvalue weighted by molar-refractivity contribution is 5.95. The van der Waals surface area contributed by atoms with Gasteiger partial charge in [0.15, 0.2) is 5.82 Å². The molecule has 6 nitrogen and oxygen atoms in total. The molecule has 0 bridgehead atoms. The standard InChI is InChI=1S/C21H27N5O/c22-19-10-11-23-20(24-19)16-6-8-17(9-7-16)21(27)26-14-2-1-5-18(26)15-25-12-3-4-13-25/h6-11,18H,1-5,12-15H2,(H2,22,23,24). The number of piperidine rings is 1. The van der Waals surface area contributed by atoms with Crippen molar-refractivity contribution in [2.75, 3.05) is 31.9 Å². The maximum absolute atomic E-state index is 13.1. The average Bonchev–Trinajstić information content (AvgIpc) is 3.21. The second-order valence-corrected chi connectivity index (χ2v) is 7.54. The number of rotatable bonds is 4. The summed E-state index contributed by atoms with van der Waals surface area (Å²) in [5.74, 6) is 1.16. The minimum absolute atomic E-state index is 0.138. The zero-order chi connectivity index (χ0) is 18.6. The molecule has 1 aromatic carbocycles. The fourth-order valence-electron chi connectivity index (χ4n) is 4.16. The summed E-state index contributed by atoms with van der Waals surface area (Å²) in [5.41, 5.74) is 7.34. The molecule has 3 heterocycles. The first-order chi connectivity index (χ1) is 13.2. The molecule has 2 aliphatic heterocycles. The Kier molecular flexibility index (Phi) is 5.34. The molecule has 0 saturated carbocycles. The number of benzene rings is 1. The van der Waals surface area contributed by atoms with Crippen molar-refractivity contribution in [3.05, 3.63) is 42.1 Å². The molecule has 142 valence electrons. The number of hydrogen-bond donors (Lipinski definition) is 1. The van der Waals surface area contributed by atoms with Gasteiger partial charge in [-0.2, -0.15) is 0 Å². The van der Waals surface area contributed by atoms with Gasteiger partial charge >= 0.3 is 0 Å². The molecule has 6 heteroatoms. The van der Waals surface area contributed by atoms with Gasteiger partial charge in [-0.1, -0.05) is 12.1 Å². The van der Waals surface area contributed by atoms with Gasteiger partial charge in [0.1, 0.15) is 5.82 Å². The molecule has 2 aromatic rings. The summed E-state index contributed by atoms with van der Waals surface area (Å²) in [6, 6.07) is 9.57. The van der Waals surface area contributed by atoms with E-state index in [1.54, 1.807) is 12.3 Å². The molecule has 2 N–H and O–H groups in total. The van der Waals surface area contributed by atoms with E-state index in [0.29, 0.717) is 17.7 Å². The Hall–Kier alpha value is -2.47. The van der Waals surface area contributed by atoms with Gasteiger partial charge in [0, 0.05) is 36.5 Å². The van der Waals surface area contributed by atoms with Gasteiger partial charge in [-0.25, -0.2) is 9.97 Å². The van der Waals surface area contributed by atoms with E-state index >= 15 is 0 Å². The summed E-state index contributed by atoms with van der Waals surface area (Å²) in [6.07, 6.45) is 7.64. The lowest BCUT2D eigenvalue weighted by molar-refractivity contribution is 0.0560. The highest BCUT2D eigenvalue weighted by atomic mass is 16.2. The summed E-state index contributed by atoms with van der Waals surface area (Å²) >= 11 is 0. The monoisotopic (exact) mass is 365 g/mol. The van der Waals surface area contributed by atoms with Crippen molar-refractivity contribution >= 4 is 11.7 Å². The number of amides is 1. The Bertz CT molecular complexity index is 785. The molecule has 0 radical (unpaired) electrons. The van der Waals surface area contributed by atoms with Crippen molar-refractivity contribution in [2.24, 2.45) is 0 Å². The second-order valence-electron chi connectivity index (χ2n) is 7.54. The lowest BCUT2D eigenvalue weighted by Crippen LogP contribution is -2.49. The van der Waals surface area contributed by atoms with Crippen LogP contribution in [0.5, 0.6) is 0 Å². The molecule has 0 spiro atoms. The molecule has 1 amide bonds. The van der Waals surface area contributed by atoms with Crippen LogP contribution < -0.4 is 5.73 Å². The SMILES string of the molecule is Nc1ccnc(-c2ccc(C(=O)N3CCCCC3CN3CCCC3)cc2)n1. The fraction of sp³-hybridized carbons (Fsp3) is 0.476. The first-order valence-corrected chi connectivity index (χ1v) is 9.93. The van der Waals surface area contributed by atoms with E-state index in [-0.39, 0.29) is 5.91 Å². The third-order valence-electron chi connectivity index (χ3n) is 5.62. The molecule has 1 atom stereocenters. The van der Waals surface area contributed by atoms with Crippen molar-refractivity contribution in [3.8, 4) is 11.4 Å². The second kappa shape index (κ2) is 8.05. The number of nitrogens with zero attached hydrogens (tertiary/aromatic N) is 4. The van der Waals surface area contributed by atoms with Gasteiger partial charge in [0.05, 0.1) is 0 Å². The van der Waals surface area contributed by atoms with E-state index in [1.807, 2.05) is 24.3 Å². The van der Waals surface area contributed by atoms with Crippen molar-refractivity contribution in [3.63, 3.8) is 0 Å². The van der Waals surface area contributed by atoms with Gasteiger partial charge in [-0.3, -0.25) is 4.79 Å². The lowest BCUT2D eigenvalue weighted by Gasteiger charge is -2.38. The Morgan fingerprint density at radius 1 is 1.04 bits per heavy atom. The zero-order valence-electron chi connectivity index (χ0n) is 15.7.